The van der Waals surface area contributed by atoms with Crippen LogP contribution in [0.4, 0.5) is 4.39 Å². The van der Waals surface area contributed by atoms with E-state index in [0.29, 0.717) is 18.5 Å². The molecule has 0 aromatic heterocycles. The highest BCUT2D eigenvalue weighted by molar-refractivity contribution is 7.92. The van der Waals surface area contributed by atoms with Crippen LogP contribution in [-0.2, 0) is 21.2 Å². The molecular formula is C20H23FN2O3S. The van der Waals surface area contributed by atoms with Crippen molar-refractivity contribution in [1.29, 1.82) is 0 Å². The third-order valence-corrected chi connectivity index (χ3v) is 4.95. The molecule has 0 bridgehead atoms. The Hall–Kier alpha value is -2.51. The summed E-state index contributed by atoms with van der Waals surface area (Å²) < 4.78 is 39.7. The number of amides is 1. The fourth-order valence-electron chi connectivity index (χ4n) is 2.33. The lowest BCUT2D eigenvalue weighted by molar-refractivity contribution is -0.120. The number of carbonyl (C=O) groups is 1. The summed E-state index contributed by atoms with van der Waals surface area (Å²) in [7, 11) is -3.61. The lowest BCUT2D eigenvalue weighted by Gasteiger charge is -2.06. The van der Waals surface area contributed by atoms with E-state index in [9.17, 15) is 17.6 Å². The summed E-state index contributed by atoms with van der Waals surface area (Å²) in [5, 5.41) is 3.73. The molecule has 0 heterocycles. The maximum atomic E-state index is 13.5. The van der Waals surface area contributed by atoms with Crippen molar-refractivity contribution < 1.29 is 17.6 Å². The first-order valence-corrected chi connectivity index (χ1v) is 10.1. The van der Waals surface area contributed by atoms with E-state index in [2.05, 4.69) is 10.0 Å². The Bertz CT molecular complexity index is 894. The lowest BCUT2D eigenvalue weighted by Crippen LogP contribution is -2.31. The van der Waals surface area contributed by atoms with Gasteiger partial charge in [-0.05, 0) is 36.6 Å². The Morgan fingerprint density at radius 1 is 1.07 bits per heavy atom. The first kappa shape index (κ1) is 20.8. The molecule has 0 aliphatic rings. The molecule has 2 N–H and O–H groups in total. The Morgan fingerprint density at radius 3 is 2.48 bits per heavy atom. The summed E-state index contributed by atoms with van der Waals surface area (Å²) in [5.41, 5.74) is 2.39. The van der Waals surface area contributed by atoms with Gasteiger partial charge in [0.15, 0.2) is 0 Å². The van der Waals surface area contributed by atoms with E-state index >= 15 is 0 Å². The van der Waals surface area contributed by atoms with Crippen molar-refractivity contribution in [1.82, 2.24) is 10.0 Å². The molecule has 2 aromatic carbocycles. The highest BCUT2D eigenvalue weighted by atomic mass is 32.2. The van der Waals surface area contributed by atoms with Gasteiger partial charge in [0.1, 0.15) is 5.82 Å². The number of rotatable bonds is 9. The fraction of sp³-hybridized carbons (Fsp3) is 0.250. The van der Waals surface area contributed by atoms with Gasteiger partial charge >= 0.3 is 0 Å². The van der Waals surface area contributed by atoms with E-state index in [1.807, 2.05) is 31.2 Å². The largest absolute Gasteiger partial charge is 0.356 e. The zero-order chi connectivity index (χ0) is 19.7. The number of aryl methyl sites for hydroxylation is 1. The first-order chi connectivity index (χ1) is 12.9. The number of hydrogen-bond donors (Lipinski definition) is 2. The normalized spacial score (nSPS) is 11.6. The Kier molecular flexibility index (Phi) is 7.69. The van der Waals surface area contributed by atoms with Crippen LogP contribution in [0.25, 0.3) is 6.08 Å². The second-order valence-corrected chi connectivity index (χ2v) is 7.75. The molecule has 5 nitrogen and oxygen atoms in total. The van der Waals surface area contributed by atoms with E-state index in [-0.39, 0.29) is 24.7 Å². The first-order valence-electron chi connectivity index (χ1n) is 8.60. The summed E-state index contributed by atoms with van der Waals surface area (Å²) in [6, 6.07) is 13.8. The van der Waals surface area contributed by atoms with Crippen LogP contribution in [0.3, 0.4) is 0 Å². The maximum absolute atomic E-state index is 13.5. The van der Waals surface area contributed by atoms with Crippen molar-refractivity contribution in [3.8, 4) is 0 Å². The quantitative estimate of drug-likeness (QED) is 0.691. The van der Waals surface area contributed by atoms with Gasteiger partial charge in [-0.15, -0.1) is 0 Å². The Labute approximate surface area is 159 Å². The number of hydrogen-bond acceptors (Lipinski definition) is 3. The van der Waals surface area contributed by atoms with Crippen molar-refractivity contribution in [2.75, 3.05) is 13.1 Å². The number of carbonyl (C=O) groups excluding carboxylic acids is 1. The molecule has 2 aromatic rings. The molecule has 0 spiro atoms. The van der Waals surface area contributed by atoms with Crippen molar-refractivity contribution in [3.63, 3.8) is 0 Å². The second-order valence-electron chi connectivity index (χ2n) is 6.09. The van der Waals surface area contributed by atoms with Crippen LogP contribution in [0.5, 0.6) is 0 Å². The van der Waals surface area contributed by atoms with Gasteiger partial charge in [-0.3, -0.25) is 4.79 Å². The number of halogens is 1. The van der Waals surface area contributed by atoms with E-state index < -0.39 is 10.0 Å². The molecule has 27 heavy (non-hydrogen) atoms. The number of sulfonamides is 1. The lowest BCUT2D eigenvalue weighted by atomic mass is 10.1. The summed E-state index contributed by atoms with van der Waals surface area (Å²) in [6.45, 7) is 2.24. The van der Waals surface area contributed by atoms with Gasteiger partial charge in [-0.25, -0.2) is 17.5 Å². The van der Waals surface area contributed by atoms with Crippen LogP contribution in [0.1, 0.15) is 23.1 Å². The zero-order valence-electron chi connectivity index (χ0n) is 15.1. The second kappa shape index (κ2) is 9.99. The summed E-state index contributed by atoms with van der Waals surface area (Å²) in [5.74, 6) is -0.601. The molecule has 0 aliphatic heterocycles. The average Bonchev–Trinajstić information content (AvgIpc) is 2.63. The standard InChI is InChI=1S/C20H23FN2O3S/c1-16-6-8-17(9-7-16)12-15-27(25,26)23-14-11-20(24)22-13-10-18-4-2-3-5-19(18)21/h2-9,12,15,23H,10-11,13-14H2,1H3,(H,22,24)/b15-12+. The summed E-state index contributed by atoms with van der Waals surface area (Å²) >= 11 is 0. The monoisotopic (exact) mass is 390 g/mol. The molecule has 2 rings (SSSR count). The highest BCUT2D eigenvalue weighted by Crippen LogP contribution is 2.07. The van der Waals surface area contributed by atoms with Crippen molar-refractivity contribution in [2.45, 2.75) is 19.8 Å². The minimum absolute atomic E-state index is 0.00783. The van der Waals surface area contributed by atoms with Crippen LogP contribution < -0.4 is 10.0 Å². The third-order valence-electron chi connectivity index (χ3n) is 3.85. The third kappa shape index (κ3) is 7.72. The van der Waals surface area contributed by atoms with Gasteiger partial charge in [0.2, 0.25) is 15.9 Å². The van der Waals surface area contributed by atoms with E-state index in [1.54, 1.807) is 18.2 Å². The molecule has 1 amide bonds. The number of nitrogens with one attached hydrogen (secondary N) is 2. The van der Waals surface area contributed by atoms with Crippen LogP contribution in [0.2, 0.25) is 0 Å². The molecule has 0 atom stereocenters. The van der Waals surface area contributed by atoms with Crippen molar-refractivity contribution >= 4 is 22.0 Å². The molecule has 0 unspecified atom stereocenters. The van der Waals surface area contributed by atoms with E-state index in [1.165, 1.54) is 12.1 Å². The minimum Gasteiger partial charge on any atom is -0.356 e. The van der Waals surface area contributed by atoms with Gasteiger partial charge in [0.05, 0.1) is 0 Å². The topological polar surface area (TPSA) is 75.3 Å². The molecular weight excluding hydrogens is 367 g/mol. The molecule has 7 heteroatoms. The van der Waals surface area contributed by atoms with Gasteiger partial charge in [-0.2, -0.15) is 0 Å². The smallest absolute Gasteiger partial charge is 0.233 e. The van der Waals surface area contributed by atoms with Gasteiger partial charge in [-0.1, -0.05) is 48.0 Å². The van der Waals surface area contributed by atoms with Crippen LogP contribution in [0, 0.1) is 12.7 Å². The molecule has 0 aliphatic carbocycles. The fourth-order valence-corrected chi connectivity index (χ4v) is 3.15. The van der Waals surface area contributed by atoms with Gasteiger partial charge in [0.25, 0.3) is 0 Å². The van der Waals surface area contributed by atoms with Crippen molar-refractivity contribution in [3.05, 3.63) is 76.4 Å². The highest BCUT2D eigenvalue weighted by Gasteiger charge is 2.07. The molecule has 0 saturated heterocycles. The SMILES string of the molecule is Cc1ccc(/C=C/S(=O)(=O)NCCC(=O)NCCc2ccccc2F)cc1. The van der Waals surface area contributed by atoms with Crippen LogP contribution in [0.15, 0.2) is 53.9 Å². The Morgan fingerprint density at radius 2 is 1.78 bits per heavy atom. The predicted octanol–water partition coefficient (Wildman–Crippen LogP) is 2.77. The molecule has 144 valence electrons. The summed E-state index contributed by atoms with van der Waals surface area (Å²) in [4.78, 5) is 11.8. The van der Waals surface area contributed by atoms with Crippen LogP contribution in [-0.4, -0.2) is 27.4 Å². The summed E-state index contributed by atoms with van der Waals surface area (Å²) in [6.07, 6.45) is 1.88. The minimum atomic E-state index is -3.61. The van der Waals surface area contributed by atoms with Crippen LogP contribution >= 0.6 is 0 Å². The van der Waals surface area contributed by atoms with Gasteiger partial charge in [0, 0.05) is 24.9 Å². The van der Waals surface area contributed by atoms with Crippen molar-refractivity contribution in [2.24, 2.45) is 0 Å². The number of benzene rings is 2. The molecule has 0 radical (unpaired) electrons. The molecule has 0 fully saturated rings. The van der Waals surface area contributed by atoms with E-state index in [4.69, 9.17) is 0 Å². The molecule has 0 saturated carbocycles. The average molecular weight is 390 g/mol. The zero-order valence-corrected chi connectivity index (χ0v) is 15.9. The Balaban J connectivity index is 1.70. The predicted molar refractivity (Wildman–Crippen MR) is 105 cm³/mol. The van der Waals surface area contributed by atoms with E-state index in [0.717, 1.165) is 16.5 Å². The maximum Gasteiger partial charge on any atom is 0.233 e. The van der Waals surface area contributed by atoms with Gasteiger partial charge < -0.3 is 5.32 Å².